The molecule has 0 saturated carbocycles. The van der Waals surface area contributed by atoms with Gasteiger partial charge in [-0.05, 0) is 50.4 Å². The van der Waals surface area contributed by atoms with Crippen LogP contribution in [0.3, 0.4) is 0 Å². The summed E-state index contributed by atoms with van der Waals surface area (Å²) in [4.78, 5) is 29.7. The number of hydrogen-bond acceptors (Lipinski definition) is 3. The summed E-state index contributed by atoms with van der Waals surface area (Å²) >= 11 is 0. The third-order valence-electron chi connectivity index (χ3n) is 6.56. The zero-order valence-corrected chi connectivity index (χ0v) is 17.1. The fourth-order valence-electron chi connectivity index (χ4n) is 4.93. The quantitative estimate of drug-likeness (QED) is 0.882. The summed E-state index contributed by atoms with van der Waals surface area (Å²) in [5.74, 6) is 0.749. The highest BCUT2D eigenvalue weighted by molar-refractivity contribution is 5.99. The van der Waals surface area contributed by atoms with Crippen molar-refractivity contribution in [3.8, 4) is 0 Å². The van der Waals surface area contributed by atoms with Gasteiger partial charge in [-0.25, -0.2) is 0 Å². The monoisotopic (exact) mass is 382 g/mol. The standard InChI is InChI=1S/C22H30N4O2/c1-15-5-4-6-19-17(15)13-20(24(19)3)22(28)25-11-9-18-16(14-25)7-8-21(27)26(18)12-10-23-2/h4-6,13,16,18,23H,7-12,14H2,1-3H3/t16-,18+/m0/s1. The molecule has 0 bridgehead atoms. The van der Waals surface area contributed by atoms with Crippen LogP contribution in [0.15, 0.2) is 24.3 Å². The van der Waals surface area contributed by atoms with Gasteiger partial charge in [0.2, 0.25) is 5.91 Å². The van der Waals surface area contributed by atoms with E-state index in [9.17, 15) is 9.59 Å². The lowest BCUT2D eigenvalue weighted by Gasteiger charge is -2.47. The molecule has 1 N–H and O–H groups in total. The Labute approximate surface area is 166 Å². The van der Waals surface area contributed by atoms with Crippen molar-refractivity contribution in [2.24, 2.45) is 13.0 Å². The molecule has 0 aliphatic carbocycles. The Morgan fingerprint density at radius 1 is 1.29 bits per heavy atom. The maximum atomic E-state index is 13.3. The number of rotatable bonds is 4. The minimum Gasteiger partial charge on any atom is -0.340 e. The Kier molecular flexibility index (Phi) is 5.15. The van der Waals surface area contributed by atoms with Gasteiger partial charge in [-0.1, -0.05) is 12.1 Å². The van der Waals surface area contributed by atoms with Crippen molar-refractivity contribution in [3.05, 3.63) is 35.5 Å². The highest BCUT2D eigenvalue weighted by Crippen LogP contribution is 2.32. The topological polar surface area (TPSA) is 57.6 Å². The van der Waals surface area contributed by atoms with E-state index in [1.165, 1.54) is 5.56 Å². The smallest absolute Gasteiger partial charge is 0.270 e. The van der Waals surface area contributed by atoms with Crippen LogP contribution >= 0.6 is 0 Å². The highest BCUT2D eigenvalue weighted by Gasteiger charge is 2.40. The summed E-state index contributed by atoms with van der Waals surface area (Å²) in [6, 6.07) is 8.49. The van der Waals surface area contributed by atoms with Crippen molar-refractivity contribution in [1.82, 2.24) is 19.7 Å². The summed E-state index contributed by atoms with van der Waals surface area (Å²) < 4.78 is 2.01. The van der Waals surface area contributed by atoms with E-state index in [1.54, 1.807) is 0 Å². The number of nitrogens with one attached hydrogen (secondary N) is 1. The van der Waals surface area contributed by atoms with E-state index in [0.29, 0.717) is 18.9 Å². The number of aryl methyl sites for hydroxylation is 2. The average molecular weight is 383 g/mol. The molecule has 2 saturated heterocycles. The van der Waals surface area contributed by atoms with Gasteiger partial charge in [0.05, 0.1) is 0 Å². The highest BCUT2D eigenvalue weighted by atomic mass is 16.2. The first-order valence-electron chi connectivity index (χ1n) is 10.3. The van der Waals surface area contributed by atoms with Crippen LogP contribution in [0.25, 0.3) is 10.9 Å². The fraction of sp³-hybridized carbons (Fsp3) is 0.545. The summed E-state index contributed by atoms with van der Waals surface area (Å²) in [5.41, 5.74) is 3.04. The maximum Gasteiger partial charge on any atom is 0.270 e. The number of hydrogen-bond donors (Lipinski definition) is 1. The van der Waals surface area contributed by atoms with Crippen molar-refractivity contribution < 1.29 is 9.59 Å². The maximum absolute atomic E-state index is 13.3. The number of likely N-dealkylation sites (N-methyl/N-ethyl adjacent to an activating group) is 1. The van der Waals surface area contributed by atoms with Crippen LogP contribution in [0.1, 0.15) is 35.3 Å². The molecule has 28 heavy (non-hydrogen) atoms. The summed E-state index contributed by atoms with van der Waals surface area (Å²) in [6.07, 6.45) is 2.35. The molecular formula is C22H30N4O2. The van der Waals surface area contributed by atoms with Gasteiger partial charge in [0.15, 0.2) is 0 Å². The fourth-order valence-corrected chi connectivity index (χ4v) is 4.93. The Morgan fingerprint density at radius 2 is 2.11 bits per heavy atom. The lowest BCUT2D eigenvalue weighted by Crippen LogP contribution is -2.57. The zero-order valence-electron chi connectivity index (χ0n) is 17.1. The molecule has 1 aromatic carbocycles. The van der Waals surface area contributed by atoms with Crippen LogP contribution in [0, 0.1) is 12.8 Å². The predicted molar refractivity (Wildman–Crippen MR) is 110 cm³/mol. The van der Waals surface area contributed by atoms with E-state index in [1.807, 2.05) is 40.6 Å². The molecule has 0 spiro atoms. The van der Waals surface area contributed by atoms with Gasteiger partial charge in [0.25, 0.3) is 5.91 Å². The third-order valence-corrected chi connectivity index (χ3v) is 6.56. The molecule has 0 unspecified atom stereocenters. The van der Waals surface area contributed by atoms with Gasteiger partial charge in [-0.15, -0.1) is 0 Å². The molecule has 6 heteroatoms. The number of benzene rings is 1. The number of nitrogens with zero attached hydrogens (tertiary/aromatic N) is 3. The van der Waals surface area contributed by atoms with E-state index in [2.05, 4.69) is 24.4 Å². The van der Waals surface area contributed by atoms with Gasteiger partial charge >= 0.3 is 0 Å². The molecule has 6 nitrogen and oxygen atoms in total. The van der Waals surface area contributed by atoms with E-state index in [4.69, 9.17) is 0 Å². The molecule has 1 aromatic heterocycles. The first-order chi connectivity index (χ1) is 13.5. The van der Waals surface area contributed by atoms with Gasteiger partial charge < -0.3 is 19.7 Å². The zero-order chi connectivity index (χ0) is 19.8. The number of carbonyl (C=O) groups is 2. The minimum absolute atomic E-state index is 0.107. The Hall–Kier alpha value is -2.34. The molecule has 2 atom stereocenters. The number of fused-ring (bicyclic) bond motifs is 2. The lowest BCUT2D eigenvalue weighted by atomic mass is 9.83. The van der Waals surface area contributed by atoms with Crippen LogP contribution in [0.4, 0.5) is 0 Å². The van der Waals surface area contributed by atoms with Gasteiger partial charge in [0, 0.05) is 56.6 Å². The molecule has 2 aliphatic heterocycles. The van der Waals surface area contributed by atoms with Gasteiger partial charge in [0.1, 0.15) is 5.69 Å². The second kappa shape index (κ2) is 7.59. The van der Waals surface area contributed by atoms with Crippen LogP contribution in [0.2, 0.25) is 0 Å². The SMILES string of the molecule is CNCCN1C(=O)CC[C@H]2CN(C(=O)c3cc4c(C)cccc4n3C)CC[C@H]21. The molecule has 2 amide bonds. The number of likely N-dealkylation sites (tertiary alicyclic amines) is 2. The number of aromatic nitrogens is 1. The minimum atomic E-state index is 0.107. The summed E-state index contributed by atoms with van der Waals surface area (Å²) in [6.45, 7) is 5.11. The van der Waals surface area contributed by atoms with E-state index in [0.717, 1.165) is 49.1 Å². The molecule has 2 aliphatic rings. The molecule has 2 aromatic rings. The third kappa shape index (κ3) is 3.20. The molecule has 2 fully saturated rings. The molecule has 150 valence electrons. The van der Waals surface area contributed by atoms with Crippen molar-refractivity contribution in [2.45, 2.75) is 32.2 Å². The van der Waals surface area contributed by atoms with Crippen LogP contribution in [0.5, 0.6) is 0 Å². The first-order valence-corrected chi connectivity index (χ1v) is 10.3. The average Bonchev–Trinajstić information content (AvgIpc) is 3.04. The Balaban J connectivity index is 1.53. The Bertz CT molecular complexity index is 903. The van der Waals surface area contributed by atoms with Crippen molar-refractivity contribution >= 4 is 22.7 Å². The first kappa shape index (κ1) is 19.0. The predicted octanol–water partition coefficient (Wildman–Crippen LogP) is 2.16. The number of carbonyl (C=O) groups excluding carboxylic acids is 2. The second-order valence-electron chi connectivity index (χ2n) is 8.19. The van der Waals surface area contributed by atoms with Gasteiger partial charge in [-0.3, -0.25) is 9.59 Å². The number of piperidine rings is 2. The van der Waals surface area contributed by atoms with Gasteiger partial charge in [-0.2, -0.15) is 0 Å². The van der Waals surface area contributed by atoms with Crippen LogP contribution in [-0.4, -0.2) is 65.4 Å². The summed E-state index contributed by atoms with van der Waals surface area (Å²) in [5, 5.41) is 4.29. The molecule has 3 heterocycles. The van der Waals surface area contributed by atoms with Crippen LogP contribution < -0.4 is 5.32 Å². The Morgan fingerprint density at radius 3 is 2.86 bits per heavy atom. The van der Waals surface area contributed by atoms with E-state index in [-0.39, 0.29) is 17.9 Å². The molecular weight excluding hydrogens is 352 g/mol. The number of amides is 2. The van der Waals surface area contributed by atoms with E-state index < -0.39 is 0 Å². The molecule has 0 radical (unpaired) electrons. The second-order valence-corrected chi connectivity index (χ2v) is 8.19. The lowest BCUT2D eigenvalue weighted by molar-refractivity contribution is -0.140. The largest absolute Gasteiger partial charge is 0.340 e. The van der Waals surface area contributed by atoms with E-state index >= 15 is 0 Å². The summed E-state index contributed by atoms with van der Waals surface area (Å²) in [7, 11) is 3.89. The van der Waals surface area contributed by atoms with Crippen LogP contribution in [-0.2, 0) is 11.8 Å². The molecule has 4 rings (SSSR count). The van der Waals surface area contributed by atoms with Crippen molar-refractivity contribution in [1.29, 1.82) is 0 Å². The van der Waals surface area contributed by atoms with Crippen molar-refractivity contribution in [3.63, 3.8) is 0 Å². The van der Waals surface area contributed by atoms with Crippen molar-refractivity contribution in [2.75, 3.05) is 33.2 Å². The normalized spacial score (nSPS) is 22.6.